The number of hydrogen-bond acceptors (Lipinski definition) is 4. The SMILES string of the molecule is Cl.NCCOc1cc(-c2cccc(Cl)c2)on1. The fourth-order valence-corrected chi connectivity index (χ4v) is 1.46. The van der Waals surface area contributed by atoms with Crippen molar-refractivity contribution in [2.45, 2.75) is 0 Å². The maximum atomic E-state index is 5.88. The summed E-state index contributed by atoms with van der Waals surface area (Å²) in [5.41, 5.74) is 6.18. The van der Waals surface area contributed by atoms with E-state index in [1.165, 1.54) is 0 Å². The first-order chi connectivity index (χ1) is 7.79. The van der Waals surface area contributed by atoms with E-state index in [4.69, 9.17) is 26.6 Å². The highest BCUT2D eigenvalue weighted by atomic mass is 35.5. The van der Waals surface area contributed by atoms with Crippen molar-refractivity contribution in [1.82, 2.24) is 5.16 Å². The van der Waals surface area contributed by atoms with Gasteiger partial charge in [-0.25, -0.2) is 0 Å². The van der Waals surface area contributed by atoms with E-state index in [2.05, 4.69) is 5.16 Å². The van der Waals surface area contributed by atoms with E-state index in [9.17, 15) is 0 Å². The van der Waals surface area contributed by atoms with Crippen molar-refractivity contribution in [3.63, 3.8) is 0 Å². The van der Waals surface area contributed by atoms with Crippen molar-refractivity contribution in [2.75, 3.05) is 13.2 Å². The number of rotatable bonds is 4. The molecule has 0 aliphatic heterocycles. The van der Waals surface area contributed by atoms with Crippen LogP contribution in [0.15, 0.2) is 34.9 Å². The molecular weight excluding hydrogens is 263 g/mol. The Morgan fingerprint density at radius 1 is 1.35 bits per heavy atom. The summed E-state index contributed by atoms with van der Waals surface area (Å²) in [6, 6.07) is 9.04. The van der Waals surface area contributed by atoms with Crippen LogP contribution in [0.2, 0.25) is 5.02 Å². The summed E-state index contributed by atoms with van der Waals surface area (Å²) >= 11 is 5.88. The van der Waals surface area contributed by atoms with Gasteiger partial charge in [0.2, 0.25) is 0 Å². The van der Waals surface area contributed by atoms with E-state index >= 15 is 0 Å². The third kappa shape index (κ3) is 3.63. The van der Waals surface area contributed by atoms with Gasteiger partial charge in [-0.3, -0.25) is 0 Å². The van der Waals surface area contributed by atoms with Crippen molar-refractivity contribution in [3.05, 3.63) is 35.4 Å². The first-order valence-corrected chi connectivity index (χ1v) is 5.23. The summed E-state index contributed by atoms with van der Waals surface area (Å²) in [7, 11) is 0. The Balaban J connectivity index is 0.00000144. The molecule has 0 amide bonds. The van der Waals surface area contributed by atoms with Crippen molar-refractivity contribution < 1.29 is 9.26 Å². The summed E-state index contributed by atoms with van der Waals surface area (Å²) in [6.07, 6.45) is 0. The Labute approximate surface area is 110 Å². The fraction of sp³-hybridized carbons (Fsp3) is 0.182. The third-order valence-electron chi connectivity index (χ3n) is 1.97. The van der Waals surface area contributed by atoms with Gasteiger partial charge in [0.15, 0.2) is 5.76 Å². The van der Waals surface area contributed by atoms with Crippen LogP contribution < -0.4 is 10.5 Å². The largest absolute Gasteiger partial charge is 0.474 e. The van der Waals surface area contributed by atoms with E-state index < -0.39 is 0 Å². The Morgan fingerprint density at radius 2 is 2.18 bits per heavy atom. The van der Waals surface area contributed by atoms with E-state index in [1.54, 1.807) is 18.2 Å². The van der Waals surface area contributed by atoms with Gasteiger partial charge in [-0.1, -0.05) is 23.7 Å². The molecule has 2 N–H and O–H groups in total. The monoisotopic (exact) mass is 274 g/mol. The molecule has 0 spiro atoms. The molecule has 6 heteroatoms. The average Bonchev–Trinajstić information content (AvgIpc) is 2.75. The second-order valence-electron chi connectivity index (χ2n) is 3.18. The molecule has 17 heavy (non-hydrogen) atoms. The van der Waals surface area contributed by atoms with Gasteiger partial charge in [0.25, 0.3) is 5.88 Å². The molecule has 0 aliphatic rings. The Morgan fingerprint density at radius 3 is 2.88 bits per heavy atom. The zero-order valence-electron chi connectivity index (χ0n) is 8.93. The molecule has 4 nitrogen and oxygen atoms in total. The fourth-order valence-electron chi connectivity index (χ4n) is 1.27. The van der Waals surface area contributed by atoms with Gasteiger partial charge in [-0.05, 0) is 17.3 Å². The standard InChI is InChI=1S/C11H11ClN2O2.ClH/c12-9-3-1-2-8(6-9)10-7-11(14-16-10)15-5-4-13;/h1-3,6-7H,4-5,13H2;1H. The summed E-state index contributed by atoms with van der Waals surface area (Å²) in [6.45, 7) is 0.862. The molecule has 0 saturated carbocycles. The Kier molecular flexibility index (Phi) is 5.28. The van der Waals surface area contributed by atoms with Crippen LogP contribution in [0.1, 0.15) is 0 Å². The molecular formula is C11H12Cl2N2O2. The molecule has 2 rings (SSSR count). The average molecular weight is 275 g/mol. The van der Waals surface area contributed by atoms with E-state index in [0.717, 1.165) is 5.56 Å². The van der Waals surface area contributed by atoms with Crippen LogP contribution in [0.5, 0.6) is 5.88 Å². The number of hydrogen-bond donors (Lipinski definition) is 1. The smallest absolute Gasteiger partial charge is 0.254 e. The van der Waals surface area contributed by atoms with Crippen molar-refractivity contribution >= 4 is 24.0 Å². The predicted octanol–water partition coefficient (Wildman–Crippen LogP) is 2.75. The summed E-state index contributed by atoms with van der Waals surface area (Å²) < 4.78 is 10.4. The Hall–Kier alpha value is -1.23. The predicted molar refractivity (Wildman–Crippen MR) is 68.7 cm³/mol. The first kappa shape index (κ1) is 13.8. The summed E-state index contributed by atoms with van der Waals surface area (Å²) in [4.78, 5) is 0. The van der Waals surface area contributed by atoms with Crippen LogP contribution >= 0.6 is 24.0 Å². The minimum absolute atomic E-state index is 0. The molecule has 0 bridgehead atoms. The maximum Gasteiger partial charge on any atom is 0.254 e. The van der Waals surface area contributed by atoms with E-state index in [1.807, 2.05) is 12.1 Å². The van der Waals surface area contributed by atoms with Gasteiger partial charge in [0.05, 0.1) is 0 Å². The number of aromatic nitrogens is 1. The van der Waals surface area contributed by atoms with Gasteiger partial charge < -0.3 is 15.0 Å². The third-order valence-corrected chi connectivity index (χ3v) is 2.20. The Bertz CT molecular complexity index is 474. The van der Waals surface area contributed by atoms with Gasteiger partial charge >= 0.3 is 0 Å². The number of halogens is 2. The van der Waals surface area contributed by atoms with Crippen LogP contribution in [0, 0.1) is 0 Å². The minimum atomic E-state index is 0. The molecule has 0 fully saturated rings. The lowest BCUT2D eigenvalue weighted by Gasteiger charge is -1.96. The number of nitrogens with two attached hydrogens (primary N) is 1. The molecule has 0 saturated heterocycles. The van der Waals surface area contributed by atoms with E-state index in [0.29, 0.717) is 29.8 Å². The summed E-state index contributed by atoms with van der Waals surface area (Å²) in [5.74, 6) is 1.05. The van der Waals surface area contributed by atoms with Crippen molar-refractivity contribution in [2.24, 2.45) is 5.73 Å². The van der Waals surface area contributed by atoms with Gasteiger partial charge in [0.1, 0.15) is 6.61 Å². The molecule has 0 aliphatic carbocycles. The highest BCUT2D eigenvalue weighted by molar-refractivity contribution is 6.30. The molecule has 1 heterocycles. The van der Waals surface area contributed by atoms with Crippen LogP contribution in [0.3, 0.4) is 0 Å². The maximum absolute atomic E-state index is 5.88. The highest BCUT2D eigenvalue weighted by Crippen LogP contribution is 2.25. The van der Waals surface area contributed by atoms with Crippen molar-refractivity contribution in [3.8, 4) is 17.2 Å². The van der Waals surface area contributed by atoms with Gasteiger partial charge in [-0.2, -0.15) is 0 Å². The van der Waals surface area contributed by atoms with Crippen LogP contribution in [-0.2, 0) is 0 Å². The summed E-state index contributed by atoms with van der Waals surface area (Å²) in [5, 5.41) is 4.42. The molecule has 0 unspecified atom stereocenters. The molecule has 0 radical (unpaired) electrons. The molecule has 2 aromatic rings. The second-order valence-corrected chi connectivity index (χ2v) is 3.61. The molecule has 0 atom stereocenters. The lowest BCUT2D eigenvalue weighted by Crippen LogP contribution is -2.10. The van der Waals surface area contributed by atoms with E-state index in [-0.39, 0.29) is 12.4 Å². The van der Waals surface area contributed by atoms with Crippen LogP contribution in [0.4, 0.5) is 0 Å². The van der Waals surface area contributed by atoms with Crippen LogP contribution in [0.25, 0.3) is 11.3 Å². The lowest BCUT2D eigenvalue weighted by atomic mass is 10.2. The zero-order chi connectivity index (χ0) is 11.4. The molecule has 1 aromatic heterocycles. The minimum Gasteiger partial charge on any atom is -0.474 e. The molecule has 92 valence electrons. The topological polar surface area (TPSA) is 61.3 Å². The number of benzene rings is 1. The normalized spacial score (nSPS) is 9.76. The first-order valence-electron chi connectivity index (χ1n) is 4.85. The van der Waals surface area contributed by atoms with Crippen LogP contribution in [-0.4, -0.2) is 18.3 Å². The molecule has 1 aromatic carbocycles. The quantitative estimate of drug-likeness (QED) is 0.931. The number of nitrogens with zero attached hydrogens (tertiary/aromatic N) is 1. The number of ether oxygens (including phenoxy) is 1. The van der Waals surface area contributed by atoms with Gasteiger partial charge in [0, 0.05) is 23.2 Å². The van der Waals surface area contributed by atoms with Gasteiger partial charge in [-0.15, -0.1) is 12.4 Å². The lowest BCUT2D eigenvalue weighted by molar-refractivity contribution is 0.288. The zero-order valence-corrected chi connectivity index (χ0v) is 10.5. The highest BCUT2D eigenvalue weighted by Gasteiger charge is 2.07. The van der Waals surface area contributed by atoms with Crippen molar-refractivity contribution in [1.29, 1.82) is 0 Å². The second kappa shape index (κ2) is 6.49.